The average Bonchev–Trinajstić information content (AvgIpc) is 2.72. The molecule has 6 heteroatoms. The third-order valence-electron chi connectivity index (χ3n) is 5.61. The summed E-state index contributed by atoms with van der Waals surface area (Å²) in [6.45, 7) is 5.28. The van der Waals surface area contributed by atoms with Crippen molar-refractivity contribution in [3.63, 3.8) is 0 Å². The van der Waals surface area contributed by atoms with Crippen molar-refractivity contribution in [3.8, 4) is 0 Å². The zero-order chi connectivity index (χ0) is 19.1. The number of hydrogen-bond acceptors (Lipinski definition) is 4. The van der Waals surface area contributed by atoms with Crippen molar-refractivity contribution in [3.05, 3.63) is 35.9 Å². The van der Waals surface area contributed by atoms with E-state index in [0.717, 1.165) is 52.0 Å². The number of hydrogen-bond donors (Lipinski definition) is 1. The lowest BCUT2D eigenvalue weighted by molar-refractivity contribution is -0.148. The third kappa shape index (κ3) is 5.53. The first-order valence-electron chi connectivity index (χ1n) is 10.2. The molecule has 2 fully saturated rings. The molecule has 6 nitrogen and oxygen atoms in total. The van der Waals surface area contributed by atoms with E-state index >= 15 is 0 Å². The second kappa shape index (κ2) is 9.85. The van der Waals surface area contributed by atoms with Crippen LogP contribution in [0.1, 0.15) is 24.8 Å². The molecule has 2 aliphatic heterocycles. The lowest BCUT2D eigenvalue weighted by atomic mass is 10.1. The summed E-state index contributed by atoms with van der Waals surface area (Å²) in [7, 11) is 2.08. The number of carbonyl (C=O) groups excluding carboxylic acids is 2. The molecule has 2 heterocycles. The predicted molar refractivity (Wildman–Crippen MR) is 106 cm³/mol. The molecule has 0 unspecified atom stereocenters. The van der Waals surface area contributed by atoms with E-state index in [-0.39, 0.29) is 17.9 Å². The zero-order valence-corrected chi connectivity index (χ0v) is 16.4. The number of carbonyl (C=O) groups is 2. The molecule has 1 N–H and O–H groups in total. The summed E-state index contributed by atoms with van der Waals surface area (Å²) >= 11 is 0. The number of rotatable bonds is 6. The van der Waals surface area contributed by atoms with Crippen molar-refractivity contribution in [2.24, 2.45) is 0 Å². The Kier molecular flexibility index (Phi) is 7.24. The summed E-state index contributed by atoms with van der Waals surface area (Å²) in [5.41, 5.74) is 1.32. The number of unbranched alkanes of at least 4 members (excludes halogenated alkanes) is 1. The van der Waals surface area contributed by atoms with Gasteiger partial charge in [0.25, 0.3) is 0 Å². The van der Waals surface area contributed by atoms with Crippen LogP contribution in [0, 0.1) is 0 Å². The summed E-state index contributed by atoms with van der Waals surface area (Å²) in [4.78, 5) is 31.7. The molecule has 0 aromatic heterocycles. The van der Waals surface area contributed by atoms with Gasteiger partial charge in [0, 0.05) is 52.2 Å². The van der Waals surface area contributed by atoms with Gasteiger partial charge in [-0.05, 0) is 31.9 Å². The van der Waals surface area contributed by atoms with Crippen molar-refractivity contribution >= 4 is 11.8 Å². The number of aryl methyl sites for hydroxylation is 1. The van der Waals surface area contributed by atoms with Crippen LogP contribution in [0.4, 0.5) is 0 Å². The van der Waals surface area contributed by atoms with Crippen LogP contribution in [0.25, 0.3) is 0 Å². The van der Waals surface area contributed by atoms with Crippen LogP contribution in [0.3, 0.4) is 0 Å². The molecular formula is C21H32N4O2. The highest BCUT2D eigenvalue weighted by molar-refractivity contribution is 5.88. The second-order valence-corrected chi connectivity index (χ2v) is 7.63. The molecule has 1 aromatic rings. The van der Waals surface area contributed by atoms with Gasteiger partial charge in [0.2, 0.25) is 11.8 Å². The van der Waals surface area contributed by atoms with E-state index in [1.165, 1.54) is 5.56 Å². The van der Waals surface area contributed by atoms with Crippen molar-refractivity contribution in [1.82, 2.24) is 20.0 Å². The molecule has 0 bridgehead atoms. The fourth-order valence-corrected chi connectivity index (χ4v) is 3.85. The summed E-state index contributed by atoms with van der Waals surface area (Å²) in [6.07, 6.45) is 3.39. The minimum atomic E-state index is -0.344. The van der Waals surface area contributed by atoms with Gasteiger partial charge in [-0.3, -0.25) is 9.59 Å². The summed E-state index contributed by atoms with van der Waals surface area (Å²) < 4.78 is 0. The van der Waals surface area contributed by atoms with Crippen LogP contribution in [-0.4, -0.2) is 85.4 Å². The van der Waals surface area contributed by atoms with Crippen LogP contribution in [-0.2, 0) is 16.0 Å². The number of amides is 2. The normalized spacial score (nSPS) is 21.3. The maximum Gasteiger partial charge on any atom is 0.246 e. The van der Waals surface area contributed by atoms with E-state index in [1.54, 1.807) is 0 Å². The molecule has 0 saturated carbocycles. The van der Waals surface area contributed by atoms with E-state index in [1.807, 2.05) is 15.9 Å². The minimum Gasteiger partial charge on any atom is -0.338 e. The van der Waals surface area contributed by atoms with Crippen LogP contribution < -0.4 is 5.32 Å². The van der Waals surface area contributed by atoms with Gasteiger partial charge in [0.15, 0.2) is 0 Å². The number of piperazine rings is 2. The quantitative estimate of drug-likeness (QED) is 0.756. The molecule has 1 aromatic carbocycles. The Morgan fingerprint density at radius 3 is 2.52 bits per heavy atom. The maximum absolute atomic E-state index is 13.0. The lowest BCUT2D eigenvalue weighted by Gasteiger charge is -2.40. The Morgan fingerprint density at radius 1 is 1.04 bits per heavy atom. The van der Waals surface area contributed by atoms with Crippen LogP contribution >= 0.6 is 0 Å². The van der Waals surface area contributed by atoms with Crippen molar-refractivity contribution in [1.29, 1.82) is 0 Å². The Balaban J connectivity index is 1.48. The van der Waals surface area contributed by atoms with Gasteiger partial charge in [-0.25, -0.2) is 0 Å². The van der Waals surface area contributed by atoms with Gasteiger partial charge in [0.1, 0.15) is 6.04 Å². The average molecular weight is 373 g/mol. The van der Waals surface area contributed by atoms with E-state index in [4.69, 9.17) is 0 Å². The van der Waals surface area contributed by atoms with Crippen LogP contribution in [0.15, 0.2) is 30.3 Å². The Bertz CT molecular complexity index is 614. The molecule has 27 heavy (non-hydrogen) atoms. The molecule has 1 atom stereocenters. The van der Waals surface area contributed by atoms with E-state index in [2.05, 4.69) is 41.5 Å². The highest BCUT2D eigenvalue weighted by Gasteiger charge is 2.35. The SMILES string of the molecule is CN1CCN(C(=O)[C@H]2CNCCN2C(=O)CCCCc2ccccc2)CC1. The Hall–Kier alpha value is -1.92. The molecule has 148 valence electrons. The van der Waals surface area contributed by atoms with Gasteiger partial charge in [-0.2, -0.15) is 0 Å². The second-order valence-electron chi connectivity index (χ2n) is 7.63. The first-order chi connectivity index (χ1) is 13.1. The fraction of sp³-hybridized carbons (Fsp3) is 0.619. The number of nitrogens with zero attached hydrogens (tertiary/aromatic N) is 3. The van der Waals surface area contributed by atoms with Gasteiger partial charge >= 0.3 is 0 Å². The molecular weight excluding hydrogens is 340 g/mol. The highest BCUT2D eigenvalue weighted by Crippen LogP contribution is 2.14. The molecule has 3 rings (SSSR count). The van der Waals surface area contributed by atoms with Crippen molar-refractivity contribution < 1.29 is 9.59 Å². The summed E-state index contributed by atoms with van der Waals surface area (Å²) in [5, 5.41) is 3.29. The molecule has 0 aliphatic carbocycles. The van der Waals surface area contributed by atoms with E-state index in [0.29, 0.717) is 19.5 Å². The van der Waals surface area contributed by atoms with Crippen molar-refractivity contribution in [2.75, 3.05) is 52.9 Å². The van der Waals surface area contributed by atoms with E-state index in [9.17, 15) is 9.59 Å². The largest absolute Gasteiger partial charge is 0.338 e. The number of likely N-dealkylation sites (N-methyl/N-ethyl adjacent to an activating group) is 1. The monoisotopic (exact) mass is 372 g/mol. The third-order valence-corrected chi connectivity index (χ3v) is 5.61. The molecule has 2 saturated heterocycles. The maximum atomic E-state index is 13.0. The molecule has 2 amide bonds. The van der Waals surface area contributed by atoms with E-state index < -0.39 is 0 Å². The first-order valence-corrected chi connectivity index (χ1v) is 10.2. The molecule has 0 radical (unpaired) electrons. The Labute approximate surface area is 162 Å². The summed E-state index contributed by atoms with van der Waals surface area (Å²) in [5.74, 6) is 0.227. The molecule has 0 spiro atoms. The van der Waals surface area contributed by atoms with Crippen LogP contribution in [0.5, 0.6) is 0 Å². The Morgan fingerprint density at radius 2 is 1.78 bits per heavy atom. The van der Waals surface area contributed by atoms with Gasteiger partial charge in [-0.1, -0.05) is 30.3 Å². The van der Waals surface area contributed by atoms with Gasteiger partial charge in [-0.15, -0.1) is 0 Å². The number of nitrogens with one attached hydrogen (secondary N) is 1. The van der Waals surface area contributed by atoms with Gasteiger partial charge < -0.3 is 20.0 Å². The van der Waals surface area contributed by atoms with Crippen LogP contribution in [0.2, 0.25) is 0 Å². The summed E-state index contributed by atoms with van der Waals surface area (Å²) in [6, 6.07) is 10.0. The van der Waals surface area contributed by atoms with Crippen molar-refractivity contribution in [2.45, 2.75) is 31.7 Å². The number of benzene rings is 1. The molecule has 2 aliphatic rings. The minimum absolute atomic E-state index is 0.105. The van der Waals surface area contributed by atoms with Gasteiger partial charge in [0.05, 0.1) is 0 Å². The lowest BCUT2D eigenvalue weighted by Crippen LogP contribution is -2.62. The standard InChI is InChI=1S/C21H32N4O2/c1-23-13-15-24(16-14-23)21(27)19-17-22-11-12-25(19)20(26)10-6-5-9-18-7-3-2-4-8-18/h2-4,7-8,19,22H,5-6,9-17H2,1H3/t19-/m1/s1. The first kappa shape index (κ1) is 19.8. The fourth-order valence-electron chi connectivity index (χ4n) is 3.85. The zero-order valence-electron chi connectivity index (χ0n) is 16.4. The predicted octanol–water partition coefficient (Wildman–Crippen LogP) is 0.974. The topological polar surface area (TPSA) is 55.9 Å². The smallest absolute Gasteiger partial charge is 0.246 e. The highest BCUT2D eigenvalue weighted by atomic mass is 16.2.